The number of imidazole rings is 1. The minimum atomic E-state index is -0.480. The Kier molecular flexibility index (Phi) is 5.87. The quantitative estimate of drug-likeness (QED) is 0.412. The summed E-state index contributed by atoms with van der Waals surface area (Å²) in [6.45, 7) is 3.48. The Morgan fingerprint density at radius 2 is 1.62 bits per heavy atom. The van der Waals surface area contributed by atoms with Crippen LogP contribution >= 0.6 is 11.8 Å². The highest BCUT2D eigenvalue weighted by molar-refractivity contribution is 8.14. The van der Waals surface area contributed by atoms with Crippen LogP contribution in [-0.4, -0.2) is 31.3 Å². The summed E-state index contributed by atoms with van der Waals surface area (Å²) in [4.78, 5) is 40.8. The number of anilines is 1. The van der Waals surface area contributed by atoms with Crippen LogP contribution in [0.2, 0.25) is 0 Å². The van der Waals surface area contributed by atoms with E-state index in [1.165, 1.54) is 33.5 Å². The highest BCUT2D eigenvalue weighted by atomic mass is 32.2. The molecule has 0 N–H and O–H groups in total. The molecule has 1 aromatic heterocycles. The molecule has 0 saturated heterocycles. The molecule has 4 rings (SSSR count). The Balaban J connectivity index is 1.88. The number of non-ortho nitro benzene ring substituents is 1. The highest BCUT2D eigenvalue weighted by Crippen LogP contribution is 2.41. The number of carbonyl (C=O) groups is 2. The summed E-state index contributed by atoms with van der Waals surface area (Å²) >= 11 is 1.21. The molecule has 3 aromatic rings. The molecule has 2 aromatic carbocycles. The Morgan fingerprint density at radius 3 is 2.22 bits per heavy atom. The number of hydrogen-bond acceptors (Lipinski definition) is 7. The Labute approximate surface area is 187 Å². The Bertz CT molecular complexity index is 1240. The molecule has 1 aliphatic rings. The number of nitrogens with zero attached hydrogens (tertiary/aromatic N) is 5. The number of thioether (sulfide) groups is 1. The third-order valence-corrected chi connectivity index (χ3v) is 5.92. The fourth-order valence-corrected chi connectivity index (χ4v) is 4.27. The predicted octanol–water partition coefficient (Wildman–Crippen LogP) is 4.72. The van der Waals surface area contributed by atoms with Gasteiger partial charge in [-0.3, -0.25) is 24.3 Å². The van der Waals surface area contributed by atoms with Gasteiger partial charge >= 0.3 is 0 Å². The highest BCUT2D eigenvalue weighted by Gasteiger charge is 2.33. The van der Waals surface area contributed by atoms with E-state index in [4.69, 9.17) is 0 Å². The predicted molar refractivity (Wildman–Crippen MR) is 122 cm³/mol. The van der Waals surface area contributed by atoms with Crippen LogP contribution in [0.25, 0.3) is 11.4 Å². The maximum atomic E-state index is 12.9. The van der Waals surface area contributed by atoms with E-state index in [1.807, 2.05) is 30.3 Å². The number of fused-ring (bicyclic) bond motifs is 1. The molecular weight excluding hydrogens is 430 g/mol. The van der Waals surface area contributed by atoms with Crippen molar-refractivity contribution in [3.05, 3.63) is 70.3 Å². The number of nitro groups is 1. The first-order chi connectivity index (χ1) is 15.4. The largest absolute Gasteiger partial charge is 0.274 e. The van der Waals surface area contributed by atoms with Gasteiger partial charge < -0.3 is 0 Å². The number of carbonyl (C=O) groups excluding carboxylic acids is 2. The average Bonchev–Trinajstić information content (AvgIpc) is 3.22. The van der Waals surface area contributed by atoms with Gasteiger partial charge in [-0.15, -0.1) is 0 Å². The van der Waals surface area contributed by atoms with Crippen LogP contribution in [0.1, 0.15) is 37.0 Å². The van der Waals surface area contributed by atoms with E-state index in [1.54, 1.807) is 26.0 Å². The van der Waals surface area contributed by atoms with Crippen LogP contribution in [-0.2, 0) is 4.79 Å². The molecule has 1 aliphatic heterocycles. The van der Waals surface area contributed by atoms with Crippen molar-refractivity contribution in [3.8, 4) is 11.4 Å². The van der Waals surface area contributed by atoms with Gasteiger partial charge in [0.05, 0.1) is 4.92 Å². The van der Waals surface area contributed by atoms with Gasteiger partial charge in [-0.1, -0.05) is 44.2 Å². The van der Waals surface area contributed by atoms with Gasteiger partial charge in [0.15, 0.2) is 5.82 Å². The first-order valence-corrected chi connectivity index (χ1v) is 10.8. The zero-order chi connectivity index (χ0) is 22.8. The zero-order valence-corrected chi connectivity index (χ0v) is 18.2. The Morgan fingerprint density at radius 1 is 0.969 bits per heavy atom. The van der Waals surface area contributed by atoms with Gasteiger partial charge in [0.25, 0.3) is 5.69 Å². The maximum Gasteiger partial charge on any atom is 0.269 e. The average molecular weight is 449 g/mol. The van der Waals surface area contributed by atoms with Gasteiger partial charge in [-0.25, -0.2) is 4.98 Å². The molecule has 10 heteroatoms. The fourth-order valence-electron chi connectivity index (χ4n) is 3.21. The van der Waals surface area contributed by atoms with Crippen molar-refractivity contribution in [2.24, 2.45) is 5.10 Å². The van der Waals surface area contributed by atoms with Crippen molar-refractivity contribution in [3.63, 3.8) is 0 Å². The smallest absolute Gasteiger partial charge is 0.269 e. The third-order valence-electron chi connectivity index (χ3n) is 4.85. The zero-order valence-electron chi connectivity index (χ0n) is 17.4. The molecule has 32 heavy (non-hydrogen) atoms. The lowest BCUT2D eigenvalue weighted by molar-refractivity contribution is -0.384. The van der Waals surface area contributed by atoms with E-state index in [2.05, 4.69) is 10.1 Å². The lowest BCUT2D eigenvalue weighted by atomic mass is 10.2. The molecule has 0 atom stereocenters. The molecule has 0 radical (unpaired) electrons. The van der Waals surface area contributed by atoms with Gasteiger partial charge in [-0.05, 0) is 23.9 Å². The number of nitro benzene ring substituents is 1. The van der Waals surface area contributed by atoms with Crippen molar-refractivity contribution in [2.75, 3.05) is 5.01 Å². The molecule has 0 bridgehead atoms. The van der Waals surface area contributed by atoms with E-state index >= 15 is 0 Å². The van der Waals surface area contributed by atoms with Crippen LogP contribution in [0.3, 0.4) is 0 Å². The fraction of sp³-hybridized carbons (Fsp3) is 0.182. The first-order valence-electron chi connectivity index (χ1n) is 10.00. The lowest BCUT2D eigenvalue weighted by Crippen LogP contribution is -2.29. The van der Waals surface area contributed by atoms with Crippen molar-refractivity contribution in [2.45, 2.75) is 31.7 Å². The van der Waals surface area contributed by atoms with Gasteiger partial charge in [0.2, 0.25) is 11.8 Å². The van der Waals surface area contributed by atoms with Crippen LogP contribution in [0.15, 0.2) is 64.7 Å². The lowest BCUT2D eigenvalue weighted by Gasteiger charge is -2.22. The number of amides is 1. The third kappa shape index (κ3) is 3.80. The van der Waals surface area contributed by atoms with Crippen molar-refractivity contribution < 1.29 is 14.5 Å². The molecular formula is C22H19N5O4S. The maximum absolute atomic E-state index is 12.9. The second-order valence-electron chi connectivity index (χ2n) is 6.88. The van der Waals surface area contributed by atoms with E-state index in [9.17, 15) is 19.7 Å². The number of benzene rings is 2. The minimum absolute atomic E-state index is 0.0464. The summed E-state index contributed by atoms with van der Waals surface area (Å²) in [5.41, 5.74) is 1.29. The van der Waals surface area contributed by atoms with Crippen molar-refractivity contribution in [1.82, 2.24) is 9.55 Å². The first kappa shape index (κ1) is 21.4. The van der Waals surface area contributed by atoms with Gasteiger partial charge in [-0.2, -0.15) is 10.1 Å². The molecule has 0 fully saturated rings. The molecule has 1 amide bonds. The van der Waals surface area contributed by atoms with Gasteiger partial charge in [0.1, 0.15) is 15.9 Å². The van der Waals surface area contributed by atoms with E-state index < -0.39 is 4.92 Å². The summed E-state index contributed by atoms with van der Waals surface area (Å²) < 4.78 is 1.52. The number of rotatable bonds is 5. The summed E-state index contributed by atoms with van der Waals surface area (Å²) in [5.74, 6) is 0.287. The van der Waals surface area contributed by atoms with Crippen LogP contribution < -0.4 is 5.01 Å². The summed E-state index contributed by atoms with van der Waals surface area (Å²) in [6.07, 6.45) is 0.436. The standard InChI is InChI=1S/C22H19N5O4S/c1-3-17(28)25-19(14-8-6-5-7-9-14)23-20-22(25)32-21(24-26(20)18(29)4-2)15-10-12-16(13-11-15)27(30)31/h5-13H,3-4H2,1-2H3. The van der Waals surface area contributed by atoms with E-state index in [-0.39, 0.29) is 30.3 Å². The topological polar surface area (TPSA) is 111 Å². The molecule has 9 nitrogen and oxygen atoms in total. The number of aromatic nitrogens is 2. The summed E-state index contributed by atoms with van der Waals surface area (Å²) in [6, 6.07) is 15.2. The minimum Gasteiger partial charge on any atom is -0.274 e. The van der Waals surface area contributed by atoms with Gasteiger partial charge in [0, 0.05) is 36.1 Å². The van der Waals surface area contributed by atoms with E-state index in [0.717, 1.165) is 5.56 Å². The molecule has 2 heterocycles. The number of hydrazone groups is 1. The number of hydrogen-bond donors (Lipinski definition) is 0. The van der Waals surface area contributed by atoms with Crippen LogP contribution in [0.4, 0.5) is 11.5 Å². The summed E-state index contributed by atoms with van der Waals surface area (Å²) in [7, 11) is 0. The Hall–Kier alpha value is -3.79. The van der Waals surface area contributed by atoms with Crippen molar-refractivity contribution in [1.29, 1.82) is 0 Å². The molecule has 0 saturated carbocycles. The monoisotopic (exact) mass is 449 g/mol. The molecule has 0 unspecified atom stereocenters. The van der Waals surface area contributed by atoms with Crippen LogP contribution in [0.5, 0.6) is 0 Å². The molecule has 0 aliphatic carbocycles. The molecule has 162 valence electrons. The van der Waals surface area contributed by atoms with E-state index in [0.29, 0.717) is 27.3 Å². The SMILES string of the molecule is CCC(=O)N1N=C(c2ccc([N+](=O)[O-])cc2)Sc2c1nc(-c1ccccc1)n2C(=O)CC. The van der Waals surface area contributed by atoms with Crippen LogP contribution in [0, 0.1) is 10.1 Å². The second-order valence-corrected chi connectivity index (χ2v) is 7.86. The molecule has 0 spiro atoms. The van der Waals surface area contributed by atoms with Crippen molar-refractivity contribution >= 4 is 40.1 Å². The summed E-state index contributed by atoms with van der Waals surface area (Å²) in [5, 5.41) is 17.6. The second kappa shape index (κ2) is 8.75. The normalized spacial score (nSPS) is 12.8.